The van der Waals surface area contributed by atoms with Crippen molar-refractivity contribution in [3.63, 3.8) is 0 Å². The number of allylic oxidation sites excluding steroid dienone is 3. The van der Waals surface area contributed by atoms with E-state index in [1.807, 2.05) is 6.92 Å². The molecule has 0 spiro atoms. The summed E-state index contributed by atoms with van der Waals surface area (Å²) in [5, 5.41) is 2.49. The topological polar surface area (TPSA) is 72.2 Å². The first-order valence-corrected chi connectivity index (χ1v) is 5.24. The van der Waals surface area contributed by atoms with Crippen LogP contribution in [0.5, 0.6) is 0 Å². The highest BCUT2D eigenvalue weighted by Crippen LogP contribution is 2.14. The van der Waals surface area contributed by atoms with Crippen molar-refractivity contribution in [2.45, 2.75) is 6.92 Å². The smallest absolute Gasteiger partial charge is 0.251 e. The van der Waals surface area contributed by atoms with E-state index in [1.54, 1.807) is 18.2 Å². The first-order valence-electron chi connectivity index (χ1n) is 5.24. The molecule has 0 aliphatic rings. The Morgan fingerprint density at radius 1 is 1.33 bits per heavy atom. The van der Waals surface area contributed by atoms with E-state index in [4.69, 9.17) is 5.73 Å². The maximum atomic E-state index is 13.2. The second kappa shape index (κ2) is 6.34. The molecule has 18 heavy (non-hydrogen) atoms. The van der Waals surface area contributed by atoms with Gasteiger partial charge >= 0.3 is 0 Å². The Hall–Kier alpha value is -2.43. The van der Waals surface area contributed by atoms with Gasteiger partial charge in [0.25, 0.3) is 5.91 Å². The molecule has 4 nitrogen and oxygen atoms in total. The standard InChI is InChI=1S/C13H13FN2O2/c1-2-3-4-5-12(17)16-9-6-7-11(14)10(8-9)13(15)18/h2-8H,1H3,(H2,15,18)(H,16,17)/b3-2+,5-4+. The predicted molar refractivity (Wildman–Crippen MR) is 67.5 cm³/mol. The van der Waals surface area contributed by atoms with Crippen LogP contribution >= 0.6 is 0 Å². The van der Waals surface area contributed by atoms with Crippen LogP contribution in [0.25, 0.3) is 0 Å². The molecular weight excluding hydrogens is 235 g/mol. The maximum Gasteiger partial charge on any atom is 0.251 e. The minimum atomic E-state index is -0.881. The third-order valence-corrected chi connectivity index (χ3v) is 2.05. The Balaban J connectivity index is 2.83. The van der Waals surface area contributed by atoms with E-state index in [2.05, 4.69) is 5.32 Å². The lowest BCUT2D eigenvalue weighted by Crippen LogP contribution is -2.14. The molecule has 0 fully saturated rings. The molecular formula is C13H13FN2O2. The van der Waals surface area contributed by atoms with Crippen molar-refractivity contribution in [2.75, 3.05) is 5.32 Å². The van der Waals surface area contributed by atoms with E-state index in [0.717, 1.165) is 6.07 Å². The van der Waals surface area contributed by atoms with Gasteiger partial charge < -0.3 is 11.1 Å². The van der Waals surface area contributed by atoms with Crippen molar-refractivity contribution in [1.29, 1.82) is 0 Å². The highest BCUT2D eigenvalue weighted by Gasteiger charge is 2.09. The zero-order chi connectivity index (χ0) is 13.5. The van der Waals surface area contributed by atoms with Crippen LogP contribution in [0.4, 0.5) is 10.1 Å². The van der Waals surface area contributed by atoms with Crippen LogP contribution in [0.1, 0.15) is 17.3 Å². The van der Waals surface area contributed by atoms with Crippen molar-refractivity contribution in [1.82, 2.24) is 0 Å². The number of nitrogens with one attached hydrogen (secondary N) is 1. The van der Waals surface area contributed by atoms with Gasteiger partial charge in [-0.3, -0.25) is 9.59 Å². The summed E-state index contributed by atoms with van der Waals surface area (Å²) in [6.07, 6.45) is 6.34. The summed E-state index contributed by atoms with van der Waals surface area (Å²) >= 11 is 0. The predicted octanol–water partition coefficient (Wildman–Crippen LogP) is 2.00. The zero-order valence-electron chi connectivity index (χ0n) is 9.81. The minimum Gasteiger partial charge on any atom is -0.366 e. The molecule has 0 aliphatic heterocycles. The molecule has 0 atom stereocenters. The van der Waals surface area contributed by atoms with Crippen LogP contribution in [0.2, 0.25) is 0 Å². The summed E-state index contributed by atoms with van der Waals surface area (Å²) in [5.74, 6) is -1.98. The SMILES string of the molecule is C/C=C/C=C/C(=O)Nc1ccc(F)c(C(N)=O)c1. The summed E-state index contributed by atoms with van der Waals surface area (Å²) in [4.78, 5) is 22.3. The fraction of sp³-hybridized carbons (Fsp3) is 0.0769. The Morgan fingerprint density at radius 3 is 2.67 bits per heavy atom. The summed E-state index contributed by atoms with van der Waals surface area (Å²) in [5.41, 5.74) is 5.04. The van der Waals surface area contributed by atoms with Crippen molar-refractivity contribution in [2.24, 2.45) is 5.73 Å². The van der Waals surface area contributed by atoms with Gasteiger partial charge in [-0.2, -0.15) is 0 Å². The zero-order valence-corrected chi connectivity index (χ0v) is 9.81. The van der Waals surface area contributed by atoms with Gasteiger partial charge in [0.2, 0.25) is 5.91 Å². The van der Waals surface area contributed by atoms with Crippen LogP contribution < -0.4 is 11.1 Å². The van der Waals surface area contributed by atoms with E-state index < -0.39 is 11.7 Å². The molecule has 5 heteroatoms. The molecule has 0 radical (unpaired) electrons. The number of primary amides is 1. The summed E-state index contributed by atoms with van der Waals surface area (Å²) in [7, 11) is 0. The van der Waals surface area contributed by atoms with Gasteiger partial charge in [0.1, 0.15) is 5.82 Å². The number of benzene rings is 1. The number of hydrogen-bond donors (Lipinski definition) is 2. The van der Waals surface area contributed by atoms with E-state index >= 15 is 0 Å². The lowest BCUT2D eigenvalue weighted by molar-refractivity contribution is -0.111. The second-order valence-electron chi connectivity index (χ2n) is 3.43. The first-order chi connectivity index (χ1) is 8.54. The molecule has 1 aromatic carbocycles. The van der Waals surface area contributed by atoms with Gasteiger partial charge in [-0.05, 0) is 25.1 Å². The average molecular weight is 248 g/mol. The minimum absolute atomic E-state index is 0.259. The molecule has 1 aromatic rings. The Kier molecular flexibility index (Phi) is 4.80. The number of anilines is 1. The normalized spacial score (nSPS) is 11.0. The van der Waals surface area contributed by atoms with Crippen molar-refractivity contribution in [3.8, 4) is 0 Å². The monoisotopic (exact) mass is 248 g/mol. The lowest BCUT2D eigenvalue weighted by atomic mass is 10.2. The van der Waals surface area contributed by atoms with Gasteiger partial charge in [0.05, 0.1) is 5.56 Å². The number of rotatable bonds is 4. The third kappa shape index (κ3) is 3.86. The summed E-state index contributed by atoms with van der Waals surface area (Å²) in [6.45, 7) is 1.82. The molecule has 0 saturated carbocycles. The number of nitrogens with two attached hydrogens (primary N) is 1. The molecule has 94 valence electrons. The molecule has 1 rings (SSSR count). The first kappa shape index (κ1) is 13.6. The van der Waals surface area contributed by atoms with E-state index in [1.165, 1.54) is 18.2 Å². The fourth-order valence-electron chi connectivity index (χ4n) is 1.23. The van der Waals surface area contributed by atoms with Gasteiger partial charge in [-0.25, -0.2) is 4.39 Å². The summed E-state index contributed by atoms with van der Waals surface area (Å²) in [6, 6.07) is 3.62. The molecule has 0 unspecified atom stereocenters. The van der Waals surface area contributed by atoms with Gasteiger partial charge in [-0.1, -0.05) is 18.2 Å². The largest absolute Gasteiger partial charge is 0.366 e. The van der Waals surface area contributed by atoms with Crippen molar-refractivity contribution >= 4 is 17.5 Å². The molecule has 0 aliphatic carbocycles. The quantitative estimate of drug-likeness (QED) is 0.631. The Morgan fingerprint density at radius 2 is 2.06 bits per heavy atom. The van der Waals surface area contributed by atoms with E-state index in [-0.39, 0.29) is 11.5 Å². The third-order valence-electron chi connectivity index (χ3n) is 2.05. The molecule has 0 saturated heterocycles. The van der Waals surface area contributed by atoms with Crippen LogP contribution in [0, 0.1) is 5.82 Å². The second-order valence-corrected chi connectivity index (χ2v) is 3.43. The average Bonchev–Trinajstić information content (AvgIpc) is 2.31. The highest BCUT2D eigenvalue weighted by atomic mass is 19.1. The maximum absolute atomic E-state index is 13.2. The van der Waals surface area contributed by atoms with E-state index in [9.17, 15) is 14.0 Å². The molecule has 0 heterocycles. The van der Waals surface area contributed by atoms with Gasteiger partial charge in [0, 0.05) is 11.8 Å². The highest BCUT2D eigenvalue weighted by molar-refractivity contribution is 6.01. The van der Waals surface area contributed by atoms with Crippen molar-refractivity contribution in [3.05, 3.63) is 53.9 Å². The number of carbonyl (C=O) groups excluding carboxylic acids is 2. The van der Waals surface area contributed by atoms with Crippen LogP contribution in [0.15, 0.2) is 42.5 Å². The van der Waals surface area contributed by atoms with E-state index in [0.29, 0.717) is 5.69 Å². The van der Waals surface area contributed by atoms with Crippen LogP contribution in [-0.4, -0.2) is 11.8 Å². The number of halogens is 1. The van der Waals surface area contributed by atoms with Gasteiger partial charge in [0.15, 0.2) is 0 Å². The molecule has 0 bridgehead atoms. The molecule has 0 aromatic heterocycles. The molecule has 3 N–H and O–H groups in total. The number of carbonyl (C=O) groups is 2. The summed E-state index contributed by atoms with van der Waals surface area (Å²) < 4.78 is 13.2. The fourth-order valence-corrected chi connectivity index (χ4v) is 1.23. The van der Waals surface area contributed by atoms with Crippen molar-refractivity contribution < 1.29 is 14.0 Å². The Labute approximate surface area is 104 Å². The van der Waals surface area contributed by atoms with Gasteiger partial charge in [-0.15, -0.1) is 0 Å². The lowest BCUT2D eigenvalue weighted by Gasteiger charge is -2.04. The van der Waals surface area contributed by atoms with Crippen LogP contribution in [-0.2, 0) is 4.79 Å². The molecule has 2 amide bonds. The Bertz CT molecular complexity index is 522. The number of amides is 2. The number of hydrogen-bond acceptors (Lipinski definition) is 2. The van der Waals surface area contributed by atoms with Crippen LogP contribution in [0.3, 0.4) is 0 Å².